The minimum atomic E-state index is -0.486. The van der Waals surface area contributed by atoms with Gasteiger partial charge in [0.1, 0.15) is 11.5 Å². The first-order valence-corrected chi connectivity index (χ1v) is 6.71. The highest BCUT2D eigenvalue weighted by atomic mass is 35.5. The molecule has 0 unspecified atom stereocenters. The second-order valence-electron chi connectivity index (χ2n) is 4.82. The Morgan fingerprint density at radius 1 is 1.33 bits per heavy atom. The first kappa shape index (κ1) is 15.2. The van der Waals surface area contributed by atoms with Crippen LogP contribution in [0.3, 0.4) is 0 Å². The van der Waals surface area contributed by atoms with Gasteiger partial charge in [-0.25, -0.2) is 9.97 Å². The summed E-state index contributed by atoms with van der Waals surface area (Å²) in [6.45, 7) is 5.58. The molecule has 2 rings (SSSR count). The number of para-hydroxylation sites is 1. The molecule has 0 atom stereocenters. The van der Waals surface area contributed by atoms with E-state index in [1.165, 1.54) is 12.4 Å². The average molecular weight is 308 g/mol. The normalized spacial score (nSPS) is 10.7. The highest BCUT2D eigenvalue weighted by Gasteiger charge is 2.22. The molecule has 0 aliphatic carbocycles. The third-order valence-electron chi connectivity index (χ3n) is 2.96. The van der Waals surface area contributed by atoms with E-state index in [4.69, 9.17) is 16.3 Å². The van der Waals surface area contributed by atoms with Gasteiger partial charge in [-0.2, -0.15) is 0 Å². The van der Waals surface area contributed by atoms with E-state index >= 15 is 0 Å². The Kier molecular flexibility index (Phi) is 4.37. The molecule has 0 radical (unpaired) electrons. The molecule has 21 heavy (non-hydrogen) atoms. The van der Waals surface area contributed by atoms with Gasteiger partial charge in [0, 0.05) is 6.07 Å². The number of rotatable bonds is 4. The molecule has 1 aromatic heterocycles. The summed E-state index contributed by atoms with van der Waals surface area (Å²) in [5, 5.41) is 11.4. The lowest BCUT2D eigenvalue weighted by atomic mass is 10.1. The van der Waals surface area contributed by atoms with Crippen LogP contribution in [0, 0.1) is 17.0 Å². The number of ether oxygens (including phenoxy) is 1. The Morgan fingerprint density at radius 2 is 2.05 bits per heavy atom. The maximum absolute atomic E-state index is 11.1. The first-order valence-electron chi connectivity index (χ1n) is 6.34. The van der Waals surface area contributed by atoms with Crippen molar-refractivity contribution < 1.29 is 9.66 Å². The maximum atomic E-state index is 11.1. The van der Waals surface area contributed by atoms with Crippen LogP contribution in [0.5, 0.6) is 11.6 Å². The maximum Gasteiger partial charge on any atom is 0.311 e. The highest BCUT2D eigenvalue weighted by molar-refractivity contribution is 6.30. The molecule has 6 nitrogen and oxygen atoms in total. The highest BCUT2D eigenvalue weighted by Crippen LogP contribution is 2.37. The molecule has 0 saturated carbocycles. The van der Waals surface area contributed by atoms with Gasteiger partial charge in [0.05, 0.1) is 10.5 Å². The van der Waals surface area contributed by atoms with Gasteiger partial charge in [-0.1, -0.05) is 37.6 Å². The standard InChI is InChI=1S/C14H14ClN3O3/c1-8(2)11-13(15)16-7-17-14(11)21-12-9(3)5-4-6-10(12)18(19)20/h4-8H,1-3H3. The van der Waals surface area contributed by atoms with E-state index in [0.717, 1.165) is 0 Å². The summed E-state index contributed by atoms with van der Waals surface area (Å²) in [5.74, 6) is 0.429. The molecule has 2 aromatic rings. The number of nitro benzene ring substituents is 1. The number of hydrogen-bond donors (Lipinski definition) is 0. The topological polar surface area (TPSA) is 78.2 Å². The Bertz CT molecular complexity index is 689. The molecular weight excluding hydrogens is 294 g/mol. The molecular formula is C14H14ClN3O3. The lowest BCUT2D eigenvalue weighted by Crippen LogP contribution is -2.02. The van der Waals surface area contributed by atoms with Gasteiger partial charge in [-0.15, -0.1) is 0 Å². The van der Waals surface area contributed by atoms with Crippen molar-refractivity contribution in [3.8, 4) is 11.6 Å². The number of aryl methyl sites for hydroxylation is 1. The Labute approximate surface area is 126 Å². The molecule has 7 heteroatoms. The van der Waals surface area contributed by atoms with Crippen molar-refractivity contribution in [3.05, 3.63) is 50.9 Å². The molecule has 0 saturated heterocycles. The van der Waals surface area contributed by atoms with Crippen molar-refractivity contribution in [1.29, 1.82) is 0 Å². The van der Waals surface area contributed by atoms with Crippen molar-refractivity contribution in [2.24, 2.45) is 0 Å². The summed E-state index contributed by atoms with van der Waals surface area (Å²) >= 11 is 6.07. The van der Waals surface area contributed by atoms with Crippen molar-refractivity contribution >= 4 is 17.3 Å². The average Bonchev–Trinajstić information content (AvgIpc) is 2.40. The molecule has 110 valence electrons. The Hall–Kier alpha value is -2.21. The Morgan fingerprint density at radius 3 is 2.67 bits per heavy atom. The number of benzene rings is 1. The number of halogens is 1. The summed E-state index contributed by atoms with van der Waals surface area (Å²) < 4.78 is 5.70. The minimum Gasteiger partial charge on any atom is -0.431 e. The zero-order valence-electron chi connectivity index (χ0n) is 11.8. The van der Waals surface area contributed by atoms with E-state index in [0.29, 0.717) is 11.1 Å². The lowest BCUT2D eigenvalue weighted by Gasteiger charge is -2.14. The number of aromatic nitrogens is 2. The van der Waals surface area contributed by atoms with E-state index in [1.807, 2.05) is 13.8 Å². The molecule has 1 aromatic carbocycles. The number of hydrogen-bond acceptors (Lipinski definition) is 5. The van der Waals surface area contributed by atoms with Crippen molar-refractivity contribution in [3.63, 3.8) is 0 Å². The zero-order valence-corrected chi connectivity index (χ0v) is 12.6. The largest absolute Gasteiger partial charge is 0.431 e. The van der Waals surface area contributed by atoms with E-state index in [-0.39, 0.29) is 28.4 Å². The van der Waals surface area contributed by atoms with Crippen LogP contribution < -0.4 is 4.74 Å². The van der Waals surface area contributed by atoms with Crippen molar-refractivity contribution in [2.45, 2.75) is 26.7 Å². The van der Waals surface area contributed by atoms with Crippen LogP contribution in [0.2, 0.25) is 5.15 Å². The van der Waals surface area contributed by atoms with Crippen LogP contribution in [0.1, 0.15) is 30.9 Å². The molecule has 0 N–H and O–H groups in total. The number of nitrogens with zero attached hydrogens (tertiary/aromatic N) is 3. The van der Waals surface area contributed by atoms with Crippen LogP contribution in [0.4, 0.5) is 5.69 Å². The summed E-state index contributed by atoms with van der Waals surface area (Å²) in [5.41, 5.74) is 1.16. The summed E-state index contributed by atoms with van der Waals surface area (Å²) in [4.78, 5) is 18.6. The van der Waals surface area contributed by atoms with Gasteiger partial charge in [0.25, 0.3) is 0 Å². The van der Waals surface area contributed by atoms with Gasteiger partial charge in [-0.3, -0.25) is 10.1 Å². The minimum absolute atomic E-state index is 0.0248. The van der Waals surface area contributed by atoms with Crippen LogP contribution in [0.25, 0.3) is 0 Å². The van der Waals surface area contributed by atoms with E-state index < -0.39 is 4.92 Å². The smallest absolute Gasteiger partial charge is 0.311 e. The van der Waals surface area contributed by atoms with Gasteiger partial charge in [-0.05, 0) is 18.4 Å². The molecule has 0 fully saturated rings. The SMILES string of the molecule is Cc1cccc([N+](=O)[O-])c1Oc1ncnc(Cl)c1C(C)C. The second-order valence-corrected chi connectivity index (χ2v) is 5.18. The predicted molar refractivity (Wildman–Crippen MR) is 79.0 cm³/mol. The third-order valence-corrected chi connectivity index (χ3v) is 3.26. The van der Waals surface area contributed by atoms with E-state index in [9.17, 15) is 10.1 Å². The van der Waals surface area contributed by atoms with Crippen LogP contribution in [-0.4, -0.2) is 14.9 Å². The number of nitro groups is 1. The molecule has 0 bridgehead atoms. The van der Waals surface area contributed by atoms with Crippen molar-refractivity contribution in [1.82, 2.24) is 9.97 Å². The fourth-order valence-electron chi connectivity index (χ4n) is 1.94. The lowest BCUT2D eigenvalue weighted by molar-refractivity contribution is -0.385. The quantitative estimate of drug-likeness (QED) is 0.479. The van der Waals surface area contributed by atoms with E-state index in [2.05, 4.69) is 9.97 Å². The summed E-state index contributed by atoms with van der Waals surface area (Å²) in [6, 6.07) is 4.73. The Balaban J connectivity index is 2.54. The summed E-state index contributed by atoms with van der Waals surface area (Å²) in [7, 11) is 0. The fourth-order valence-corrected chi connectivity index (χ4v) is 2.28. The molecule has 0 aliphatic heterocycles. The van der Waals surface area contributed by atoms with Gasteiger partial charge >= 0.3 is 5.69 Å². The third kappa shape index (κ3) is 3.11. The van der Waals surface area contributed by atoms with Gasteiger partial charge < -0.3 is 4.74 Å². The summed E-state index contributed by atoms with van der Waals surface area (Å²) in [6.07, 6.45) is 1.27. The molecule has 0 spiro atoms. The van der Waals surface area contributed by atoms with Crippen LogP contribution in [-0.2, 0) is 0 Å². The van der Waals surface area contributed by atoms with Gasteiger partial charge in [0.2, 0.25) is 11.6 Å². The fraction of sp³-hybridized carbons (Fsp3) is 0.286. The van der Waals surface area contributed by atoms with Crippen LogP contribution in [0.15, 0.2) is 24.5 Å². The zero-order chi connectivity index (χ0) is 15.6. The molecule has 0 aliphatic rings. The van der Waals surface area contributed by atoms with Crippen molar-refractivity contribution in [2.75, 3.05) is 0 Å². The van der Waals surface area contributed by atoms with E-state index in [1.54, 1.807) is 19.1 Å². The monoisotopic (exact) mass is 307 g/mol. The first-order chi connectivity index (χ1) is 9.91. The molecule has 1 heterocycles. The van der Waals surface area contributed by atoms with Crippen LogP contribution >= 0.6 is 11.6 Å². The predicted octanol–water partition coefficient (Wildman–Crippen LogP) is 4.26. The molecule has 0 amide bonds. The van der Waals surface area contributed by atoms with Gasteiger partial charge in [0.15, 0.2) is 0 Å². The second kappa shape index (κ2) is 6.05.